The summed E-state index contributed by atoms with van der Waals surface area (Å²) in [6.07, 6.45) is 4.39. The van der Waals surface area contributed by atoms with Gasteiger partial charge in [0.1, 0.15) is 11.0 Å². The van der Waals surface area contributed by atoms with Crippen LogP contribution in [0.25, 0.3) is 5.65 Å². The Bertz CT molecular complexity index is 843. The molecular formula is C16H13ClFN3. The highest BCUT2D eigenvalue weighted by Gasteiger charge is 2.42. The maximum Gasteiger partial charge on any atom is 0.157 e. The lowest BCUT2D eigenvalue weighted by molar-refractivity contribution is 0.600. The summed E-state index contributed by atoms with van der Waals surface area (Å²) in [5, 5.41) is 4.62. The van der Waals surface area contributed by atoms with Crippen molar-refractivity contribution in [2.75, 3.05) is 0 Å². The Hall–Kier alpha value is -1.94. The van der Waals surface area contributed by atoms with Crippen molar-refractivity contribution >= 4 is 17.2 Å². The molecular weight excluding hydrogens is 289 g/mol. The Morgan fingerprint density at radius 3 is 2.95 bits per heavy atom. The van der Waals surface area contributed by atoms with E-state index in [4.69, 9.17) is 11.6 Å². The number of aryl methyl sites for hydroxylation is 1. The van der Waals surface area contributed by atoms with Gasteiger partial charge in [-0.1, -0.05) is 29.8 Å². The van der Waals surface area contributed by atoms with Crippen LogP contribution in [0.2, 0.25) is 5.15 Å². The van der Waals surface area contributed by atoms with Crippen LogP contribution in [0, 0.1) is 12.7 Å². The standard InChI is InChI=1S/C16H13ClFN3/c1-9-3-2-4-10(15(9)18)11-7-12(11)13-8-14(17)20-21-6-5-19-16(13)21/h2-6,8,11-12H,7H2,1H3/t11-,12+/m1/s1. The zero-order chi connectivity index (χ0) is 14.6. The highest BCUT2D eigenvalue weighted by molar-refractivity contribution is 6.29. The van der Waals surface area contributed by atoms with Crippen LogP contribution in [0.5, 0.6) is 0 Å². The summed E-state index contributed by atoms with van der Waals surface area (Å²) in [6, 6.07) is 7.43. The summed E-state index contributed by atoms with van der Waals surface area (Å²) >= 11 is 6.07. The largest absolute Gasteiger partial charge is 0.235 e. The van der Waals surface area contributed by atoms with E-state index in [1.807, 2.05) is 18.2 Å². The molecule has 21 heavy (non-hydrogen) atoms. The smallest absolute Gasteiger partial charge is 0.157 e. The topological polar surface area (TPSA) is 30.2 Å². The molecule has 0 saturated heterocycles. The Kier molecular flexibility index (Phi) is 2.76. The van der Waals surface area contributed by atoms with Crippen molar-refractivity contribution in [2.24, 2.45) is 0 Å². The van der Waals surface area contributed by atoms with E-state index in [2.05, 4.69) is 10.1 Å². The predicted octanol–water partition coefficient (Wildman–Crippen LogP) is 4.10. The quantitative estimate of drug-likeness (QED) is 0.713. The van der Waals surface area contributed by atoms with Gasteiger partial charge < -0.3 is 0 Å². The first-order valence-corrected chi connectivity index (χ1v) is 7.28. The van der Waals surface area contributed by atoms with Crippen LogP contribution in [-0.2, 0) is 0 Å². The SMILES string of the molecule is Cc1cccc([C@H]2C[C@@H]2c2cc(Cl)nn3ccnc23)c1F. The van der Waals surface area contributed by atoms with Crippen molar-refractivity contribution in [3.63, 3.8) is 0 Å². The van der Waals surface area contributed by atoms with E-state index in [0.717, 1.165) is 23.2 Å². The van der Waals surface area contributed by atoms with Crippen LogP contribution in [0.3, 0.4) is 0 Å². The minimum absolute atomic E-state index is 0.0930. The molecule has 1 aromatic carbocycles. The maximum atomic E-state index is 14.3. The van der Waals surface area contributed by atoms with E-state index in [1.165, 1.54) is 0 Å². The molecule has 0 radical (unpaired) electrons. The number of aromatic nitrogens is 3. The molecule has 2 aromatic heterocycles. The van der Waals surface area contributed by atoms with Gasteiger partial charge in [0.25, 0.3) is 0 Å². The molecule has 0 unspecified atom stereocenters. The molecule has 1 fully saturated rings. The van der Waals surface area contributed by atoms with Gasteiger partial charge in [-0.2, -0.15) is 5.10 Å². The Morgan fingerprint density at radius 2 is 2.10 bits per heavy atom. The zero-order valence-corrected chi connectivity index (χ0v) is 12.2. The minimum atomic E-state index is -0.0930. The van der Waals surface area contributed by atoms with E-state index in [9.17, 15) is 4.39 Å². The van der Waals surface area contributed by atoms with Crippen molar-refractivity contribution < 1.29 is 4.39 Å². The Labute approximate surface area is 126 Å². The van der Waals surface area contributed by atoms with Crippen molar-refractivity contribution in [2.45, 2.75) is 25.2 Å². The molecule has 0 spiro atoms. The van der Waals surface area contributed by atoms with Gasteiger partial charge >= 0.3 is 0 Å². The number of hydrogen-bond acceptors (Lipinski definition) is 2. The average molecular weight is 302 g/mol. The fourth-order valence-electron chi connectivity index (χ4n) is 3.02. The van der Waals surface area contributed by atoms with Crippen LogP contribution in [0.15, 0.2) is 36.7 Å². The monoisotopic (exact) mass is 301 g/mol. The van der Waals surface area contributed by atoms with Crippen LogP contribution in [0.1, 0.15) is 34.9 Å². The molecule has 106 valence electrons. The first-order chi connectivity index (χ1) is 10.1. The molecule has 1 aliphatic carbocycles. The number of halogens is 2. The van der Waals surface area contributed by atoms with Crippen molar-refractivity contribution in [1.29, 1.82) is 0 Å². The van der Waals surface area contributed by atoms with E-state index >= 15 is 0 Å². The lowest BCUT2D eigenvalue weighted by atomic mass is 10.0. The number of fused-ring (bicyclic) bond motifs is 1. The second-order valence-electron chi connectivity index (χ2n) is 5.54. The molecule has 2 heterocycles. The molecule has 4 rings (SSSR count). The summed E-state index contributed by atoms with van der Waals surface area (Å²) in [4.78, 5) is 4.34. The summed E-state index contributed by atoms with van der Waals surface area (Å²) in [7, 11) is 0. The number of imidazole rings is 1. The van der Waals surface area contributed by atoms with Gasteiger partial charge in [0.05, 0.1) is 0 Å². The van der Waals surface area contributed by atoms with Gasteiger partial charge in [-0.25, -0.2) is 13.9 Å². The molecule has 2 atom stereocenters. The van der Waals surface area contributed by atoms with E-state index in [-0.39, 0.29) is 17.7 Å². The molecule has 3 nitrogen and oxygen atoms in total. The fourth-order valence-corrected chi connectivity index (χ4v) is 3.22. The molecule has 0 amide bonds. The second-order valence-corrected chi connectivity index (χ2v) is 5.93. The van der Waals surface area contributed by atoms with Crippen molar-refractivity contribution in [3.8, 4) is 0 Å². The number of nitrogens with zero attached hydrogens (tertiary/aromatic N) is 3. The fraction of sp³-hybridized carbons (Fsp3) is 0.250. The van der Waals surface area contributed by atoms with E-state index < -0.39 is 0 Å². The lowest BCUT2D eigenvalue weighted by Gasteiger charge is -2.06. The van der Waals surface area contributed by atoms with Gasteiger partial charge in [-0.3, -0.25) is 0 Å². The Morgan fingerprint density at radius 1 is 1.29 bits per heavy atom. The summed E-state index contributed by atoms with van der Waals surface area (Å²) in [6.45, 7) is 1.80. The maximum absolute atomic E-state index is 14.3. The number of rotatable bonds is 2. The molecule has 1 saturated carbocycles. The molecule has 0 aliphatic heterocycles. The number of hydrogen-bond donors (Lipinski definition) is 0. The van der Waals surface area contributed by atoms with E-state index in [1.54, 1.807) is 29.9 Å². The summed E-state index contributed by atoms with van der Waals surface area (Å²) in [5.74, 6) is 0.361. The van der Waals surface area contributed by atoms with Crippen molar-refractivity contribution in [3.05, 3.63) is 64.3 Å². The molecule has 0 bridgehead atoms. The number of benzene rings is 1. The Balaban J connectivity index is 1.76. The normalized spacial score (nSPS) is 20.9. The molecule has 1 aliphatic rings. The van der Waals surface area contributed by atoms with Crippen LogP contribution < -0.4 is 0 Å². The summed E-state index contributed by atoms with van der Waals surface area (Å²) < 4.78 is 15.9. The van der Waals surface area contributed by atoms with E-state index in [0.29, 0.717) is 10.7 Å². The molecule has 5 heteroatoms. The van der Waals surface area contributed by atoms with Crippen LogP contribution >= 0.6 is 11.6 Å². The zero-order valence-electron chi connectivity index (χ0n) is 11.4. The molecule has 3 aromatic rings. The third-order valence-corrected chi connectivity index (χ3v) is 4.35. The predicted molar refractivity (Wildman–Crippen MR) is 79.2 cm³/mol. The third-order valence-electron chi connectivity index (χ3n) is 4.17. The van der Waals surface area contributed by atoms with Crippen molar-refractivity contribution in [1.82, 2.24) is 14.6 Å². The van der Waals surface area contributed by atoms with Gasteiger partial charge in [-0.15, -0.1) is 0 Å². The van der Waals surface area contributed by atoms with Gasteiger partial charge in [-0.05, 0) is 42.4 Å². The van der Waals surface area contributed by atoms with Gasteiger partial charge in [0, 0.05) is 18.0 Å². The first kappa shape index (κ1) is 12.8. The average Bonchev–Trinajstić information content (AvgIpc) is 3.10. The highest BCUT2D eigenvalue weighted by atomic mass is 35.5. The highest BCUT2D eigenvalue weighted by Crippen LogP contribution is 2.56. The third kappa shape index (κ3) is 2.02. The second kappa shape index (κ2) is 4.53. The summed E-state index contributed by atoms with van der Waals surface area (Å²) in [5.41, 5.74) is 3.33. The minimum Gasteiger partial charge on any atom is -0.235 e. The van der Waals surface area contributed by atoms with Gasteiger partial charge in [0.15, 0.2) is 5.65 Å². The van der Waals surface area contributed by atoms with Crippen LogP contribution in [0.4, 0.5) is 4.39 Å². The van der Waals surface area contributed by atoms with Gasteiger partial charge in [0.2, 0.25) is 0 Å². The first-order valence-electron chi connectivity index (χ1n) is 6.90. The van der Waals surface area contributed by atoms with Crippen LogP contribution in [-0.4, -0.2) is 14.6 Å². The molecule has 0 N–H and O–H groups in total. The lowest BCUT2D eigenvalue weighted by Crippen LogP contribution is -1.97.